The minimum absolute atomic E-state index is 0.634. The van der Waals surface area contributed by atoms with Crippen LogP contribution in [0.4, 0.5) is 0 Å². The summed E-state index contributed by atoms with van der Waals surface area (Å²) in [7, 11) is 0. The van der Waals surface area contributed by atoms with Gasteiger partial charge in [-0.3, -0.25) is 9.88 Å². The quantitative estimate of drug-likeness (QED) is 0.934. The van der Waals surface area contributed by atoms with Crippen LogP contribution in [0.5, 0.6) is 0 Å². The van der Waals surface area contributed by atoms with Crippen molar-refractivity contribution in [1.29, 1.82) is 0 Å². The Morgan fingerprint density at radius 2 is 2.14 bits per heavy atom. The second kappa shape index (κ2) is 6.54. The van der Waals surface area contributed by atoms with E-state index in [2.05, 4.69) is 53.3 Å². The molecule has 1 aromatic carbocycles. The Labute approximate surface area is 127 Å². The van der Waals surface area contributed by atoms with Gasteiger partial charge in [0, 0.05) is 43.3 Å². The van der Waals surface area contributed by atoms with E-state index in [1.165, 1.54) is 23.8 Å². The number of pyridine rings is 1. The molecule has 0 aliphatic carbocycles. The van der Waals surface area contributed by atoms with E-state index in [-0.39, 0.29) is 0 Å². The Bertz CT molecular complexity index is 596. The van der Waals surface area contributed by atoms with Gasteiger partial charge in [-0.2, -0.15) is 0 Å². The molecule has 1 aliphatic heterocycles. The first kappa shape index (κ1) is 14.5. The second-order valence-electron chi connectivity index (χ2n) is 6.04. The lowest BCUT2D eigenvalue weighted by atomic mass is 10.0. The average Bonchev–Trinajstić information content (AvgIpc) is 2.54. The molecule has 2 heterocycles. The summed E-state index contributed by atoms with van der Waals surface area (Å²) in [5.41, 5.74) is 2.48. The van der Waals surface area contributed by atoms with Crippen LogP contribution in [0.1, 0.15) is 32.3 Å². The van der Waals surface area contributed by atoms with Crippen LogP contribution in [0.2, 0.25) is 0 Å². The molecule has 0 radical (unpaired) electrons. The van der Waals surface area contributed by atoms with E-state index in [9.17, 15) is 0 Å². The summed E-state index contributed by atoms with van der Waals surface area (Å²) in [5, 5.41) is 4.90. The SMILES string of the molecule is CCC1CN(Cc2ccc3ncccc3c2)C(CC)CN1. The van der Waals surface area contributed by atoms with Crippen molar-refractivity contribution in [1.82, 2.24) is 15.2 Å². The van der Waals surface area contributed by atoms with Crippen molar-refractivity contribution in [2.75, 3.05) is 13.1 Å². The molecule has 1 N–H and O–H groups in total. The number of fused-ring (bicyclic) bond motifs is 1. The molecule has 0 spiro atoms. The molecule has 3 nitrogen and oxygen atoms in total. The first-order chi connectivity index (χ1) is 10.3. The third-order valence-corrected chi connectivity index (χ3v) is 4.63. The molecule has 0 saturated carbocycles. The van der Waals surface area contributed by atoms with Crippen molar-refractivity contribution < 1.29 is 0 Å². The Balaban J connectivity index is 1.78. The molecule has 1 aromatic heterocycles. The van der Waals surface area contributed by atoms with E-state index in [1.807, 2.05) is 12.3 Å². The van der Waals surface area contributed by atoms with Gasteiger partial charge in [-0.25, -0.2) is 0 Å². The molecular weight excluding hydrogens is 258 g/mol. The topological polar surface area (TPSA) is 28.2 Å². The lowest BCUT2D eigenvalue weighted by Gasteiger charge is -2.40. The molecule has 1 saturated heterocycles. The van der Waals surface area contributed by atoms with Crippen molar-refractivity contribution in [3.63, 3.8) is 0 Å². The van der Waals surface area contributed by atoms with Crippen molar-refractivity contribution in [2.45, 2.75) is 45.3 Å². The van der Waals surface area contributed by atoms with Gasteiger partial charge < -0.3 is 5.32 Å². The highest BCUT2D eigenvalue weighted by Gasteiger charge is 2.25. The molecule has 0 bridgehead atoms. The lowest BCUT2D eigenvalue weighted by Crippen LogP contribution is -2.55. The van der Waals surface area contributed by atoms with Crippen LogP contribution in [0.15, 0.2) is 36.5 Å². The zero-order valence-electron chi connectivity index (χ0n) is 13.0. The maximum absolute atomic E-state index is 4.40. The smallest absolute Gasteiger partial charge is 0.0702 e. The van der Waals surface area contributed by atoms with Gasteiger partial charge in [0.05, 0.1) is 5.52 Å². The van der Waals surface area contributed by atoms with Gasteiger partial charge in [-0.1, -0.05) is 26.0 Å². The molecule has 2 unspecified atom stereocenters. The first-order valence-electron chi connectivity index (χ1n) is 8.11. The molecule has 3 heteroatoms. The minimum atomic E-state index is 0.634. The summed E-state index contributed by atoms with van der Waals surface area (Å²) in [6.45, 7) is 7.87. The molecule has 1 fully saturated rings. The van der Waals surface area contributed by atoms with E-state index >= 15 is 0 Å². The summed E-state index contributed by atoms with van der Waals surface area (Å²) >= 11 is 0. The number of benzene rings is 1. The van der Waals surface area contributed by atoms with Gasteiger partial charge in [-0.15, -0.1) is 0 Å². The third-order valence-electron chi connectivity index (χ3n) is 4.63. The third kappa shape index (κ3) is 3.25. The molecule has 2 atom stereocenters. The summed E-state index contributed by atoms with van der Waals surface area (Å²) in [6.07, 6.45) is 4.27. The zero-order valence-corrected chi connectivity index (χ0v) is 13.0. The largest absolute Gasteiger partial charge is 0.311 e. The first-order valence-corrected chi connectivity index (χ1v) is 8.11. The number of aromatic nitrogens is 1. The molecule has 21 heavy (non-hydrogen) atoms. The Hall–Kier alpha value is -1.45. The number of nitrogens with one attached hydrogen (secondary N) is 1. The number of hydrogen-bond donors (Lipinski definition) is 1. The van der Waals surface area contributed by atoms with Crippen molar-refractivity contribution >= 4 is 10.9 Å². The number of rotatable bonds is 4. The van der Waals surface area contributed by atoms with Crippen molar-refractivity contribution in [3.05, 3.63) is 42.1 Å². The lowest BCUT2D eigenvalue weighted by molar-refractivity contribution is 0.117. The predicted octanol–water partition coefficient (Wildman–Crippen LogP) is 3.20. The monoisotopic (exact) mass is 283 g/mol. The summed E-state index contributed by atoms with van der Waals surface area (Å²) in [4.78, 5) is 7.04. The van der Waals surface area contributed by atoms with Gasteiger partial charge in [0.25, 0.3) is 0 Å². The Morgan fingerprint density at radius 1 is 1.24 bits per heavy atom. The summed E-state index contributed by atoms with van der Waals surface area (Å²) in [6, 6.07) is 12.1. The van der Waals surface area contributed by atoms with Gasteiger partial charge in [-0.05, 0) is 36.6 Å². The van der Waals surface area contributed by atoms with Crippen molar-refractivity contribution in [2.24, 2.45) is 0 Å². The molecular formula is C18H25N3. The van der Waals surface area contributed by atoms with Crippen LogP contribution in [-0.2, 0) is 6.54 Å². The van der Waals surface area contributed by atoms with E-state index < -0.39 is 0 Å². The van der Waals surface area contributed by atoms with Crippen LogP contribution in [0.25, 0.3) is 10.9 Å². The van der Waals surface area contributed by atoms with E-state index in [4.69, 9.17) is 0 Å². The highest BCUT2D eigenvalue weighted by molar-refractivity contribution is 5.78. The number of piperazine rings is 1. The molecule has 2 aromatic rings. The highest BCUT2D eigenvalue weighted by Crippen LogP contribution is 2.19. The Kier molecular flexibility index (Phi) is 4.51. The molecule has 1 aliphatic rings. The molecule has 112 valence electrons. The number of nitrogens with zero attached hydrogens (tertiary/aromatic N) is 2. The maximum Gasteiger partial charge on any atom is 0.0702 e. The fourth-order valence-corrected chi connectivity index (χ4v) is 3.26. The number of hydrogen-bond acceptors (Lipinski definition) is 3. The highest BCUT2D eigenvalue weighted by atomic mass is 15.2. The maximum atomic E-state index is 4.40. The van der Waals surface area contributed by atoms with Crippen molar-refractivity contribution in [3.8, 4) is 0 Å². The standard InChI is InChI=1S/C18H25N3/c1-3-16-13-21(17(4-2)11-20-16)12-14-7-8-18-15(10-14)6-5-9-19-18/h5-10,16-17,20H,3-4,11-13H2,1-2H3. The normalized spacial score (nSPS) is 23.5. The van der Waals surface area contributed by atoms with Crippen LogP contribution < -0.4 is 5.32 Å². The van der Waals surface area contributed by atoms with Crippen LogP contribution >= 0.6 is 0 Å². The summed E-state index contributed by atoms with van der Waals surface area (Å²) in [5.74, 6) is 0. The van der Waals surface area contributed by atoms with E-state index in [0.717, 1.165) is 25.2 Å². The van der Waals surface area contributed by atoms with E-state index in [1.54, 1.807) is 0 Å². The van der Waals surface area contributed by atoms with E-state index in [0.29, 0.717) is 12.1 Å². The van der Waals surface area contributed by atoms with Gasteiger partial charge in [0.1, 0.15) is 0 Å². The fourth-order valence-electron chi connectivity index (χ4n) is 3.26. The average molecular weight is 283 g/mol. The predicted molar refractivity (Wildman–Crippen MR) is 88.3 cm³/mol. The molecule has 0 amide bonds. The second-order valence-corrected chi connectivity index (χ2v) is 6.04. The fraction of sp³-hybridized carbons (Fsp3) is 0.500. The van der Waals surface area contributed by atoms with Gasteiger partial charge in [0.15, 0.2) is 0 Å². The van der Waals surface area contributed by atoms with Gasteiger partial charge >= 0.3 is 0 Å². The molecule has 3 rings (SSSR count). The Morgan fingerprint density at radius 3 is 2.95 bits per heavy atom. The van der Waals surface area contributed by atoms with Crippen LogP contribution in [-0.4, -0.2) is 35.1 Å². The minimum Gasteiger partial charge on any atom is -0.311 e. The van der Waals surface area contributed by atoms with Crippen LogP contribution in [0.3, 0.4) is 0 Å². The zero-order chi connectivity index (χ0) is 14.7. The van der Waals surface area contributed by atoms with Crippen LogP contribution in [0, 0.1) is 0 Å². The van der Waals surface area contributed by atoms with Gasteiger partial charge in [0.2, 0.25) is 0 Å². The summed E-state index contributed by atoms with van der Waals surface area (Å²) < 4.78 is 0.